The maximum atomic E-state index is 13.8. The van der Waals surface area contributed by atoms with E-state index >= 15 is 0 Å². The van der Waals surface area contributed by atoms with Crippen molar-refractivity contribution in [2.45, 2.75) is 149 Å². The second-order valence-corrected chi connectivity index (χ2v) is 38.3. The third-order valence-electron chi connectivity index (χ3n) is 26.0. The first-order valence-corrected chi connectivity index (χ1v) is 49.6. The number of Topliss-reactive ketones (excluding diaryl/α,β-unsaturated/α-hetero) is 2. The molecule has 8 amide bonds. The van der Waals surface area contributed by atoms with Crippen molar-refractivity contribution in [1.82, 2.24) is 106 Å². The van der Waals surface area contributed by atoms with Crippen molar-refractivity contribution < 1.29 is 47.9 Å². The number of imidazole rings is 2. The summed E-state index contributed by atoms with van der Waals surface area (Å²) in [6.45, 7) is 13.8. The molecule has 143 heavy (non-hydrogen) atoms. The molecule has 0 saturated heterocycles. The van der Waals surface area contributed by atoms with Crippen LogP contribution >= 0.6 is 0 Å². The Morgan fingerprint density at radius 1 is 0.406 bits per heavy atom. The number of carbonyl (C=O) groups is 10. The predicted octanol–water partition coefficient (Wildman–Crippen LogP) is 11.8. The summed E-state index contributed by atoms with van der Waals surface area (Å²) in [4.78, 5) is 167. The van der Waals surface area contributed by atoms with E-state index in [-0.39, 0.29) is 67.7 Å². The molecule has 0 aliphatic carbocycles. The van der Waals surface area contributed by atoms with Crippen molar-refractivity contribution in [3.05, 3.63) is 238 Å². The minimum absolute atomic E-state index is 0.0892. The second-order valence-electron chi connectivity index (χ2n) is 38.3. The number of aryl methyl sites for hydroxylation is 4. The second kappa shape index (κ2) is 50.1. The van der Waals surface area contributed by atoms with Crippen molar-refractivity contribution >= 4 is 104 Å². The summed E-state index contributed by atoms with van der Waals surface area (Å²) in [5, 5.41) is 34.8. The summed E-state index contributed by atoms with van der Waals surface area (Å²) in [5.74, 6) is -3.42. The molecule has 0 fully saturated rings. The number of nitrogens with two attached hydrogens (primary N) is 1. The molecule has 4 aromatic heterocycles. The normalized spacial score (nSPS) is 13.1. The maximum Gasteiger partial charge on any atom is 0.251 e. The van der Waals surface area contributed by atoms with Gasteiger partial charge in [-0.25, -0.2) is 9.97 Å². The number of fused-ring (bicyclic) bond motifs is 4. The number of hydrogen-bond acceptors (Lipinski definition) is 22. The molecule has 0 spiro atoms. The van der Waals surface area contributed by atoms with Gasteiger partial charge in [0, 0.05) is 162 Å². The number of H-pyrrole nitrogens is 2. The highest BCUT2D eigenvalue weighted by Crippen LogP contribution is 2.38. The number of primary amides is 1. The van der Waals surface area contributed by atoms with E-state index in [1.165, 1.54) is 11.8 Å². The third-order valence-corrected chi connectivity index (χ3v) is 26.0. The number of aromatic nitrogens is 10. The number of nitrogens with one attached hydrogen (secondary N) is 8. The topological polar surface area (TPSA) is 429 Å². The lowest BCUT2D eigenvalue weighted by Gasteiger charge is -2.25. The largest absolute Gasteiger partial charge is 0.368 e. The van der Waals surface area contributed by atoms with Crippen molar-refractivity contribution in [2.24, 2.45) is 27.6 Å². The number of likely N-dealkylation sites (N-methyl/N-ethyl adjacent to an activating group) is 4. The van der Waals surface area contributed by atoms with Gasteiger partial charge in [-0.05, 0) is 256 Å². The predicted molar refractivity (Wildman–Crippen MR) is 556 cm³/mol. The van der Waals surface area contributed by atoms with Gasteiger partial charge in [0.15, 0.2) is 11.6 Å². The Bertz CT molecular complexity index is 6550. The monoisotopic (exact) mass is 1940 g/mol. The van der Waals surface area contributed by atoms with E-state index in [9.17, 15) is 47.9 Å². The van der Waals surface area contributed by atoms with Gasteiger partial charge in [-0.2, -0.15) is 0 Å². The van der Waals surface area contributed by atoms with Gasteiger partial charge in [-0.15, -0.1) is 10.2 Å². The van der Waals surface area contributed by atoms with Crippen LogP contribution < -0.4 is 37.6 Å². The Kier molecular flexibility index (Phi) is 36.5. The molecule has 2 aliphatic rings. The number of hydrogen-bond donors (Lipinski definition) is 9. The lowest BCUT2D eigenvalue weighted by molar-refractivity contribution is -0.140. The first-order valence-electron chi connectivity index (χ1n) is 49.6. The first kappa shape index (κ1) is 104. The molecule has 2 aliphatic heterocycles. The third kappa shape index (κ3) is 29.7. The summed E-state index contributed by atoms with van der Waals surface area (Å²) in [6, 6.07) is 53.4. The van der Waals surface area contributed by atoms with E-state index in [4.69, 9.17) is 25.7 Å². The molecule has 10 N–H and O–H groups in total. The van der Waals surface area contributed by atoms with Crippen molar-refractivity contribution in [2.75, 3.05) is 121 Å². The van der Waals surface area contributed by atoms with Crippen LogP contribution in [0, 0.1) is 11.8 Å². The molecule has 12 aromatic rings. The van der Waals surface area contributed by atoms with Crippen LogP contribution in [-0.4, -0.2) is 278 Å². The molecule has 14 rings (SSSR count). The molecule has 4 atom stereocenters. The van der Waals surface area contributed by atoms with Gasteiger partial charge in [0.1, 0.15) is 11.6 Å². The number of aliphatic imine (C=N–C) groups is 2. The minimum Gasteiger partial charge on any atom is -0.368 e. The van der Waals surface area contributed by atoms with Crippen LogP contribution in [0.4, 0.5) is 11.4 Å². The molecule has 34 heteroatoms. The zero-order chi connectivity index (χ0) is 101. The van der Waals surface area contributed by atoms with Gasteiger partial charge in [0.05, 0.1) is 74.9 Å². The van der Waals surface area contributed by atoms with Gasteiger partial charge >= 0.3 is 0 Å². The fraction of sp³-hybridized carbons (Fsp3) is 0.394. The molecule has 6 heterocycles. The van der Waals surface area contributed by atoms with E-state index in [0.717, 1.165) is 189 Å². The van der Waals surface area contributed by atoms with Crippen LogP contribution in [0.15, 0.2) is 192 Å². The quantitative estimate of drug-likeness (QED) is 0.0160. The molecule has 0 bridgehead atoms. The summed E-state index contributed by atoms with van der Waals surface area (Å²) >= 11 is 0. The van der Waals surface area contributed by atoms with Gasteiger partial charge in [0.25, 0.3) is 23.6 Å². The van der Waals surface area contributed by atoms with E-state index < -0.39 is 47.4 Å². The molecule has 8 aromatic carbocycles. The smallest absolute Gasteiger partial charge is 0.251 e. The number of rotatable bonds is 54. The molecule has 0 unspecified atom stereocenters. The molecule has 748 valence electrons. The Labute approximate surface area is 834 Å². The number of benzene rings is 8. The van der Waals surface area contributed by atoms with Crippen LogP contribution in [0.5, 0.6) is 0 Å². The summed E-state index contributed by atoms with van der Waals surface area (Å²) < 4.78 is 3.51. The Morgan fingerprint density at radius 2 is 0.797 bits per heavy atom. The maximum absolute atomic E-state index is 13.8. The Morgan fingerprint density at radius 3 is 1.23 bits per heavy atom. The highest BCUT2D eigenvalue weighted by molar-refractivity contribution is 6.09. The Hall–Kier alpha value is -14.7. The highest BCUT2D eigenvalue weighted by Gasteiger charge is 2.31. The fourth-order valence-corrected chi connectivity index (χ4v) is 17.4. The summed E-state index contributed by atoms with van der Waals surface area (Å²) in [5.41, 5.74) is 26.9. The number of ketones is 2. The average Bonchev–Trinajstić information content (AvgIpc) is 1.64. The van der Waals surface area contributed by atoms with E-state index in [1.807, 2.05) is 178 Å². The lowest BCUT2D eigenvalue weighted by atomic mass is 9.97. The first-order chi connectivity index (χ1) is 68.9. The minimum atomic E-state index is -0.980. The highest BCUT2D eigenvalue weighted by atomic mass is 16.2. The zero-order valence-electron chi connectivity index (χ0n) is 83.5. The average molecular weight is 1940 g/mol. The lowest BCUT2D eigenvalue weighted by Crippen LogP contribution is -2.45. The standard InChI is InChI=1S/C109H132N24O10/c1-70(59-98(134)72(3)115-101(137)21-12-11-15-53-132-67-88(123-125-132)19-13-16-50-130(10)58-49-114-108(142)81-36-28-77(29-37-81)103-120-91-45-43-85(64-97(91)122-103)82-38-40-86-65-92(117-94(86)61-82)74-22-30-78(31-23-74)105(139)111-46-55-127(5)6)104(138)116-73(4)99(135)60-71(2)109(143)131(69-100(110)136)52-18-54-133-68-89(124-126-133)20-14-17-51-129(9)57-48-113-107(141)79-32-24-75(25-33-79)93-66-87-41-39-83(62-95(87)118-93)84-42-44-90-96(63-84)121-102(119-90)76-26-34-80(35-27-76)106(140)112-47-56-128(7)8/h22-45,61-64,67-68,70-73H,11-21,46-60,65-66,69H2,1-10H3,(H2,110,136)(H,111,139)(H,112,140)(H,113,141)(H,114,142)(H,115,137)(H,116,138)(H,119,121)(H,120,122)/t70-,71-,72+,73+/m0/s1. The van der Waals surface area contributed by atoms with Crippen molar-refractivity contribution in [1.29, 1.82) is 0 Å². The number of aromatic amines is 2. The van der Waals surface area contributed by atoms with Crippen LogP contribution in [0.1, 0.15) is 173 Å². The van der Waals surface area contributed by atoms with Gasteiger partial charge in [-0.3, -0.25) is 67.3 Å². The van der Waals surface area contributed by atoms with E-state index in [2.05, 4.69) is 133 Å². The number of nitrogens with zero attached hydrogens (tertiary/aromatic N) is 15. The molecular formula is C109H132N24O10. The molecular weight excluding hydrogens is 1810 g/mol. The number of unbranched alkanes of at least 4 members (excludes halogenated alkanes) is 4. The van der Waals surface area contributed by atoms with Crippen LogP contribution in [0.25, 0.3) is 67.1 Å². The summed E-state index contributed by atoms with van der Waals surface area (Å²) in [6.07, 6.45) is 12.7. The van der Waals surface area contributed by atoms with E-state index in [1.54, 1.807) is 25.5 Å². The molecule has 34 nitrogen and oxygen atoms in total. The van der Waals surface area contributed by atoms with Gasteiger partial charge < -0.3 is 72.1 Å². The number of amides is 8. The van der Waals surface area contributed by atoms with Crippen LogP contribution in [0.3, 0.4) is 0 Å². The van der Waals surface area contributed by atoms with Gasteiger partial charge in [-0.1, -0.05) is 116 Å². The number of carbonyl (C=O) groups excluding carboxylic acids is 10. The van der Waals surface area contributed by atoms with Crippen molar-refractivity contribution in [3.63, 3.8) is 0 Å². The van der Waals surface area contributed by atoms with Crippen molar-refractivity contribution in [3.8, 4) is 45.0 Å². The summed E-state index contributed by atoms with van der Waals surface area (Å²) in [7, 11) is 12.0. The zero-order valence-corrected chi connectivity index (χ0v) is 83.5. The van der Waals surface area contributed by atoms with Gasteiger partial charge in [0.2, 0.25) is 23.6 Å². The Balaban J connectivity index is 0.410. The van der Waals surface area contributed by atoms with Crippen LogP contribution in [-0.2, 0) is 67.5 Å². The molecule has 0 saturated carbocycles. The van der Waals surface area contributed by atoms with E-state index in [0.29, 0.717) is 113 Å². The SMILES string of the molecule is C[C@@H](CC(=O)[C@@H](C)NC(=O)CCCCCn1cc(CCCCN(C)CCNC(=O)c2ccc(-c3nc4cc(-c5ccc6c(c5)N=C(c5ccc(C(=O)NCCN(C)C)cc5)C6)ccc4[nH]3)cc2)nn1)C(=O)N[C@H](C)C(=O)C[C@H](C)C(=O)N(CCCn1cc(CCCCN(C)CCNC(=O)c2ccc(C3=Nc4cc(-c5ccc6[nH]c(-c7ccc(C(=O)NCCN(C)C)cc7)nc6c5)ccc4C3)cc2)nn1)CC(N)=O. The molecule has 0 radical (unpaired) electrons. The van der Waals surface area contributed by atoms with Crippen LogP contribution in [0.2, 0.25) is 0 Å². The fourth-order valence-electron chi connectivity index (χ4n) is 17.4.